The molecule has 0 saturated heterocycles. The lowest BCUT2D eigenvalue weighted by Gasteiger charge is -2.34. The Morgan fingerprint density at radius 1 is 0.875 bits per heavy atom. The summed E-state index contributed by atoms with van der Waals surface area (Å²) in [7, 11) is -4.10. The summed E-state index contributed by atoms with van der Waals surface area (Å²) >= 11 is 6.07. The molecule has 0 saturated carbocycles. The van der Waals surface area contributed by atoms with Crippen LogP contribution >= 0.6 is 11.6 Å². The van der Waals surface area contributed by atoms with Gasteiger partial charge in [-0.15, -0.1) is 0 Å². The third-order valence-corrected chi connectivity index (χ3v) is 8.40. The molecular weight excluding hydrogens is 546 g/mol. The fourth-order valence-corrected chi connectivity index (χ4v) is 5.78. The Morgan fingerprint density at radius 2 is 1.40 bits per heavy atom. The number of carbonyl (C=O) groups is 2. The van der Waals surface area contributed by atoms with Crippen LogP contribution < -0.4 is 9.62 Å². The van der Waals surface area contributed by atoms with Gasteiger partial charge in [-0.2, -0.15) is 0 Å². The number of sulfonamides is 1. The van der Waals surface area contributed by atoms with E-state index in [9.17, 15) is 18.0 Å². The molecule has 0 spiro atoms. The van der Waals surface area contributed by atoms with Crippen molar-refractivity contribution < 1.29 is 18.0 Å². The number of aryl methyl sites for hydroxylation is 2. The van der Waals surface area contributed by atoms with Crippen molar-refractivity contribution in [3.63, 3.8) is 0 Å². The summed E-state index contributed by atoms with van der Waals surface area (Å²) in [5.74, 6) is -0.803. The highest BCUT2D eigenvalue weighted by Gasteiger charge is 2.34. The molecule has 7 nitrogen and oxygen atoms in total. The monoisotopic (exact) mass is 583 g/mol. The van der Waals surface area contributed by atoms with E-state index in [1.165, 1.54) is 17.0 Å². The Labute approximate surface area is 243 Å². The zero-order chi connectivity index (χ0) is 29.7. The molecule has 214 valence electrons. The quantitative estimate of drug-likeness (QED) is 0.323. The van der Waals surface area contributed by atoms with Crippen LogP contribution in [-0.2, 0) is 26.2 Å². The summed E-state index contributed by atoms with van der Waals surface area (Å²) in [6, 6.07) is 19.7. The van der Waals surface area contributed by atoms with E-state index < -0.39 is 34.1 Å². The normalized spacial score (nSPS) is 12.5. The van der Waals surface area contributed by atoms with Gasteiger partial charge in [0.1, 0.15) is 12.6 Å². The average molecular weight is 584 g/mol. The van der Waals surface area contributed by atoms with Crippen molar-refractivity contribution in [2.75, 3.05) is 10.8 Å². The molecule has 0 heterocycles. The summed E-state index contributed by atoms with van der Waals surface area (Å²) in [6.07, 6.45) is 0.344. The lowest BCUT2D eigenvalue weighted by Crippen LogP contribution is -2.55. The molecule has 0 aliphatic rings. The third kappa shape index (κ3) is 8.08. The molecule has 40 heavy (non-hydrogen) atoms. The number of anilines is 1. The van der Waals surface area contributed by atoms with E-state index >= 15 is 0 Å². The Hall–Kier alpha value is -3.36. The number of hydrogen-bond donors (Lipinski definition) is 1. The molecule has 3 aromatic rings. The smallest absolute Gasteiger partial charge is 0.264 e. The van der Waals surface area contributed by atoms with Crippen LogP contribution in [0.2, 0.25) is 5.02 Å². The van der Waals surface area contributed by atoms with Gasteiger partial charge in [0, 0.05) is 17.1 Å². The molecule has 2 amide bonds. The van der Waals surface area contributed by atoms with Gasteiger partial charge in [0.2, 0.25) is 11.8 Å². The van der Waals surface area contributed by atoms with Gasteiger partial charge >= 0.3 is 0 Å². The van der Waals surface area contributed by atoms with Gasteiger partial charge in [0.15, 0.2) is 0 Å². The Bertz CT molecular complexity index is 1420. The second kappa shape index (κ2) is 12.9. The maximum atomic E-state index is 14.1. The summed E-state index contributed by atoms with van der Waals surface area (Å²) in [4.78, 5) is 29.0. The van der Waals surface area contributed by atoms with Crippen molar-refractivity contribution in [2.45, 2.75) is 71.0 Å². The SMILES string of the molecule is CCC(C(=O)NC(C)(C)C)N(Cc1ccc(Cl)cc1)C(=O)CN(c1ccc(C)cc1)S(=O)(=O)c1ccc(C)cc1. The second-order valence-corrected chi connectivity index (χ2v) is 13.3. The number of nitrogens with zero attached hydrogens (tertiary/aromatic N) is 2. The third-order valence-electron chi connectivity index (χ3n) is 6.36. The van der Waals surface area contributed by atoms with Crippen molar-refractivity contribution >= 4 is 39.1 Å². The van der Waals surface area contributed by atoms with Crippen LogP contribution in [-0.4, -0.2) is 43.3 Å². The number of benzene rings is 3. The predicted octanol–water partition coefficient (Wildman–Crippen LogP) is 5.87. The minimum Gasteiger partial charge on any atom is -0.350 e. The van der Waals surface area contributed by atoms with Crippen LogP contribution in [0.3, 0.4) is 0 Å². The van der Waals surface area contributed by atoms with Crippen LogP contribution in [0.15, 0.2) is 77.7 Å². The van der Waals surface area contributed by atoms with Crippen molar-refractivity contribution in [3.05, 3.63) is 94.5 Å². The fourth-order valence-electron chi connectivity index (χ4n) is 4.24. The molecule has 0 fully saturated rings. The van der Waals surface area contributed by atoms with E-state index in [-0.39, 0.29) is 17.3 Å². The van der Waals surface area contributed by atoms with Gasteiger partial charge in [-0.1, -0.05) is 66.0 Å². The van der Waals surface area contributed by atoms with Crippen molar-refractivity contribution in [1.29, 1.82) is 0 Å². The minimum absolute atomic E-state index is 0.0771. The maximum absolute atomic E-state index is 14.1. The van der Waals surface area contributed by atoms with E-state index in [0.717, 1.165) is 21.0 Å². The summed E-state index contributed by atoms with van der Waals surface area (Å²) in [5, 5.41) is 3.52. The van der Waals surface area contributed by atoms with Crippen molar-refractivity contribution in [3.8, 4) is 0 Å². The highest BCUT2D eigenvalue weighted by atomic mass is 35.5. The number of amides is 2. The molecule has 1 unspecified atom stereocenters. The standard InChI is InChI=1S/C31H38ClN3O4S/c1-7-28(30(37)33-31(4,5)6)34(20-24-12-14-25(32)15-13-24)29(36)21-35(26-16-8-22(2)9-17-26)40(38,39)27-18-10-23(3)11-19-27/h8-19,28H,7,20-21H2,1-6H3,(H,33,37). The van der Waals surface area contributed by atoms with Crippen LogP contribution in [0.25, 0.3) is 0 Å². The van der Waals surface area contributed by atoms with Gasteiger partial charge in [-0.05, 0) is 83.0 Å². The maximum Gasteiger partial charge on any atom is 0.264 e. The van der Waals surface area contributed by atoms with E-state index in [0.29, 0.717) is 17.1 Å². The van der Waals surface area contributed by atoms with Gasteiger partial charge < -0.3 is 10.2 Å². The zero-order valence-corrected chi connectivity index (χ0v) is 25.5. The van der Waals surface area contributed by atoms with Crippen molar-refractivity contribution in [2.24, 2.45) is 0 Å². The van der Waals surface area contributed by atoms with Gasteiger partial charge in [-0.25, -0.2) is 8.42 Å². The van der Waals surface area contributed by atoms with Crippen LogP contribution in [0.1, 0.15) is 50.8 Å². The van der Waals surface area contributed by atoms with Gasteiger partial charge in [0.05, 0.1) is 10.6 Å². The topological polar surface area (TPSA) is 86.8 Å². The summed E-state index contributed by atoms with van der Waals surface area (Å²) in [6.45, 7) is 10.9. The number of halogens is 1. The zero-order valence-electron chi connectivity index (χ0n) is 23.9. The highest BCUT2D eigenvalue weighted by Crippen LogP contribution is 2.26. The largest absolute Gasteiger partial charge is 0.350 e. The number of nitrogens with one attached hydrogen (secondary N) is 1. The van der Waals surface area contributed by atoms with E-state index in [1.807, 2.05) is 41.5 Å². The van der Waals surface area contributed by atoms with E-state index in [4.69, 9.17) is 11.6 Å². The van der Waals surface area contributed by atoms with Crippen LogP contribution in [0.5, 0.6) is 0 Å². The first-order valence-electron chi connectivity index (χ1n) is 13.2. The molecule has 0 aromatic heterocycles. The lowest BCUT2D eigenvalue weighted by atomic mass is 10.1. The van der Waals surface area contributed by atoms with Crippen molar-refractivity contribution in [1.82, 2.24) is 10.2 Å². The number of rotatable bonds is 10. The van der Waals surface area contributed by atoms with E-state index in [2.05, 4.69) is 5.32 Å². The predicted molar refractivity (Wildman–Crippen MR) is 161 cm³/mol. The second-order valence-electron chi connectivity index (χ2n) is 11.0. The molecule has 0 aliphatic carbocycles. The van der Waals surface area contributed by atoms with E-state index in [1.54, 1.807) is 60.7 Å². The first kappa shape index (κ1) is 31.2. The molecule has 3 aromatic carbocycles. The lowest BCUT2D eigenvalue weighted by molar-refractivity contribution is -0.141. The summed E-state index contributed by atoms with van der Waals surface area (Å²) in [5.41, 5.74) is 2.49. The molecule has 0 radical (unpaired) electrons. The van der Waals surface area contributed by atoms with Crippen LogP contribution in [0, 0.1) is 13.8 Å². The molecule has 3 rings (SSSR count). The van der Waals surface area contributed by atoms with Crippen LogP contribution in [0.4, 0.5) is 5.69 Å². The molecule has 1 atom stereocenters. The average Bonchev–Trinajstić information content (AvgIpc) is 2.88. The number of hydrogen-bond acceptors (Lipinski definition) is 4. The first-order valence-corrected chi connectivity index (χ1v) is 15.0. The molecule has 9 heteroatoms. The molecule has 0 aliphatic heterocycles. The Kier molecular flexibility index (Phi) is 10.0. The molecule has 0 bridgehead atoms. The Balaban J connectivity index is 2.06. The molecule has 1 N–H and O–H groups in total. The first-order chi connectivity index (χ1) is 18.7. The molecular formula is C31H38ClN3O4S. The van der Waals surface area contributed by atoms with Gasteiger partial charge in [-0.3, -0.25) is 13.9 Å². The fraction of sp³-hybridized carbons (Fsp3) is 0.355. The van der Waals surface area contributed by atoms with Gasteiger partial charge in [0.25, 0.3) is 10.0 Å². The highest BCUT2D eigenvalue weighted by molar-refractivity contribution is 7.92. The number of carbonyl (C=O) groups excluding carboxylic acids is 2. The Morgan fingerprint density at radius 3 is 1.90 bits per heavy atom. The summed E-state index contributed by atoms with van der Waals surface area (Å²) < 4.78 is 28.9. The minimum atomic E-state index is -4.10.